The molecule has 0 heterocycles. The van der Waals surface area contributed by atoms with Crippen LogP contribution in [0.4, 0.5) is 4.39 Å². The molecule has 0 amide bonds. The van der Waals surface area contributed by atoms with Gasteiger partial charge in [-0.2, -0.15) is 0 Å². The van der Waals surface area contributed by atoms with Gasteiger partial charge in [0.1, 0.15) is 5.82 Å². The number of sulfonamides is 1. The van der Waals surface area contributed by atoms with Crippen LogP contribution < -0.4 is 4.72 Å². The van der Waals surface area contributed by atoms with Crippen LogP contribution in [0.1, 0.15) is 19.8 Å². The minimum atomic E-state index is -3.60. The lowest BCUT2D eigenvalue weighted by molar-refractivity contribution is 0.279. The van der Waals surface area contributed by atoms with Crippen molar-refractivity contribution in [3.05, 3.63) is 30.1 Å². The summed E-state index contributed by atoms with van der Waals surface area (Å²) in [7, 11) is -3.60. The molecule has 1 unspecified atom stereocenters. The molecule has 0 radical (unpaired) electrons. The number of benzene rings is 1. The Morgan fingerprint density at radius 2 is 1.94 bits per heavy atom. The lowest BCUT2D eigenvalue weighted by Gasteiger charge is -2.13. The van der Waals surface area contributed by atoms with E-state index < -0.39 is 15.8 Å². The largest absolute Gasteiger partial charge is 0.396 e. The zero-order valence-electron chi connectivity index (χ0n) is 9.56. The summed E-state index contributed by atoms with van der Waals surface area (Å²) in [6.07, 6.45) is 1.09. The third-order valence-corrected chi connectivity index (χ3v) is 3.88. The number of hydrogen-bond donors (Lipinski definition) is 2. The van der Waals surface area contributed by atoms with E-state index in [0.717, 1.165) is 12.1 Å². The standard InChI is InChI=1S/C11H16FNO3S/c1-9(3-2-8-14)13-17(15,16)11-6-4-10(12)5-7-11/h4-7,9,13-14H,2-3,8H2,1H3. The highest BCUT2D eigenvalue weighted by Gasteiger charge is 2.16. The van der Waals surface area contributed by atoms with Gasteiger partial charge in [-0.3, -0.25) is 0 Å². The Hall–Kier alpha value is -0.980. The number of aliphatic hydroxyl groups excluding tert-OH is 1. The number of nitrogens with one attached hydrogen (secondary N) is 1. The monoisotopic (exact) mass is 261 g/mol. The Labute approximate surface area is 101 Å². The number of hydrogen-bond acceptors (Lipinski definition) is 3. The van der Waals surface area contributed by atoms with Crippen LogP contribution >= 0.6 is 0 Å². The molecule has 1 aromatic carbocycles. The second kappa shape index (κ2) is 6.09. The Balaban J connectivity index is 2.71. The minimum absolute atomic E-state index is 0.0304. The van der Waals surface area contributed by atoms with E-state index >= 15 is 0 Å². The molecule has 0 spiro atoms. The normalized spacial score (nSPS) is 13.6. The van der Waals surface area contributed by atoms with Gasteiger partial charge in [-0.05, 0) is 44.0 Å². The molecule has 2 N–H and O–H groups in total. The summed E-state index contributed by atoms with van der Waals surface area (Å²) in [5, 5.41) is 8.64. The molecule has 0 aliphatic carbocycles. The quantitative estimate of drug-likeness (QED) is 0.810. The first kappa shape index (κ1) is 14.1. The van der Waals surface area contributed by atoms with Crippen molar-refractivity contribution in [1.29, 1.82) is 0 Å². The maximum absolute atomic E-state index is 12.7. The van der Waals surface area contributed by atoms with Crippen LogP contribution in [-0.2, 0) is 10.0 Å². The highest BCUT2D eigenvalue weighted by atomic mass is 32.2. The Morgan fingerprint density at radius 3 is 2.47 bits per heavy atom. The predicted molar refractivity (Wildman–Crippen MR) is 62.5 cm³/mol. The lowest BCUT2D eigenvalue weighted by Crippen LogP contribution is -2.32. The Kier molecular flexibility index (Phi) is 5.04. The SMILES string of the molecule is CC(CCCO)NS(=O)(=O)c1ccc(F)cc1. The fourth-order valence-corrected chi connectivity index (χ4v) is 2.68. The molecule has 0 saturated heterocycles. The van der Waals surface area contributed by atoms with Crippen molar-refractivity contribution in [2.45, 2.75) is 30.7 Å². The summed E-state index contributed by atoms with van der Waals surface area (Å²) in [5.74, 6) is -0.475. The maximum Gasteiger partial charge on any atom is 0.240 e. The third kappa shape index (κ3) is 4.41. The summed E-state index contributed by atoms with van der Waals surface area (Å²) in [6.45, 7) is 1.75. The highest BCUT2D eigenvalue weighted by molar-refractivity contribution is 7.89. The first-order valence-electron chi connectivity index (χ1n) is 5.34. The third-order valence-electron chi connectivity index (χ3n) is 2.28. The van der Waals surface area contributed by atoms with E-state index in [1.54, 1.807) is 6.92 Å². The maximum atomic E-state index is 12.7. The smallest absolute Gasteiger partial charge is 0.240 e. The Morgan fingerprint density at radius 1 is 1.35 bits per heavy atom. The van der Waals surface area contributed by atoms with Gasteiger partial charge in [0, 0.05) is 12.6 Å². The molecule has 0 aliphatic heterocycles. The topological polar surface area (TPSA) is 66.4 Å². The molecule has 4 nitrogen and oxygen atoms in total. The number of aliphatic hydroxyl groups is 1. The van der Waals surface area contributed by atoms with Gasteiger partial charge < -0.3 is 5.11 Å². The van der Waals surface area contributed by atoms with Crippen LogP contribution in [-0.4, -0.2) is 26.2 Å². The molecule has 0 aromatic heterocycles. The van der Waals surface area contributed by atoms with Gasteiger partial charge in [0.15, 0.2) is 0 Å². The lowest BCUT2D eigenvalue weighted by atomic mass is 10.2. The van der Waals surface area contributed by atoms with Crippen molar-refractivity contribution < 1.29 is 17.9 Å². The van der Waals surface area contributed by atoms with E-state index in [4.69, 9.17) is 5.11 Å². The zero-order valence-corrected chi connectivity index (χ0v) is 10.4. The molecular formula is C11H16FNO3S. The molecule has 0 saturated carbocycles. The van der Waals surface area contributed by atoms with Gasteiger partial charge in [0.2, 0.25) is 10.0 Å². The van der Waals surface area contributed by atoms with Gasteiger partial charge in [-0.1, -0.05) is 0 Å². The number of halogens is 1. The molecular weight excluding hydrogens is 245 g/mol. The van der Waals surface area contributed by atoms with Crippen LogP contribution in [0, 0.1) is 5.82 Å². The average molecular weight is 261 g/mol. The molecule has 0 bridgehead atoms. The van der Waals surface area contributed by atoms with Gasteiger partial charge in [0.05, 0.1) is 4.90 Å². The summed E-state index contributed by atoms with van der Waals surface area (Å²) >= 11 is 0. The zero-order chi connectivity index (χ0) is 12.9. The molecule has 0 aliphatic rings. The summed E-state index contributed by atoms with van der Waals surface area (Å²) < 4.78 is 38.8. The molecule has 0 fully saturated rings. The molecule has 1 rings (SSSR count). The van der Waals surface area contributed by atoms with Crippen LogP contribution in [0.5, 0.6) is 0 Å². The average Bonchev–Trinajstić information content (AvgIpc) is 2.26. The number of rotatable bonds is 6. The van der Waals surface area contributed by atoms with E-state index in [1.807, 2.05) is 0 Å². The van der Waals surface area contributed by atoms with Crippen molar-refractivity contribution >= 4 is 10.0 Å². The molecule has 1 aromatic rings. The van der Waals surface area contributed by atoms with Crippen LogP contribution in [0.25, 0.3) is 0 Å². The van der Waals surface area contributed by atoms with E-state index in [-0.39, 0.29) is 17.5 Å². The minimum Gasteiger partial charge on any atom is -0.396 e. The summed E-state index contributed by atoms with van der Waals surface area (Å²) in [5.41, 5.74) is 0. The molecule has 17 heavy (non-hydrogen) atoms. The summed E-state index contributed by atoms with van der Waals surface area (Å²) in [6, 6.07) is 4.38. The second-order valence-electron chi connectivity index (χ2n) is 3.84. The highest BCUT2D eigenvalue weighted by Crippen LogP contribution is 2.11. The van der Waals surface area contributed by atoms with Gasteiger partial charge in [-0.15, -0.1) is 0 Å². The molecule has 96 valence electrons. The first-order chi connectivity index (χ1) is 7.95. The van der Waals surface area contributed by atoms with E-state index in [9.17, 15) is 12.8 Å². The fraction of sp³-hybridized carbons (Fsp3) is 0.455. The van der Waals surface area contributed by atoms with Crippen molar-refractivity contribution in [2.75, 3.05) is 6.61 Å². The van der Waals surface area contributed by atoms with E-state index in [1.165, 1.54) is 12.1 Å². The molecule has 1 atom stereocenters. The fourth-order valence-electron chi connectivity index (χ4n) is 1.40. The van der Waals surface area contributed by atoms with Crippen LogP contribution in [0.15, 0.2) is 29.2 Å². The van der Waals surface area contributed by atoms with Gasteiger partial charge >= 0.3 is 0 Å². The summed E-state index contributed by atoms with van der Waals surface area (Å²) in [4.78, 5) is 0.0368. The first-order valence-corrected chi connectivity index (χ1v) is 6.83. The van der Waals surface area contributed by atoms with Crippen LogP contribution in [0.2, 0.25) is 0 Å². The van der Waals surface area contributed by atoms with E-state index in [0.29, 0.717) is 12.8 Å². The Bertz CT molecular complexity index is 444. The van der Waals surface area contributed by atoms with Gasteiger partial charge in [0.25, 0.3) is 0 Å². The van der Waals surface area contributed by atoms with Gasteiger partial charge in [-0.25, -0.2) is 17.5 Å². The van der Waals surface area contributed by atoms with Crippen molar-refractivity contribution in [1.82, 2.24) is 4.72 Å². The van der Waals surface area contributed by atoms with Crippen molar-refractivity contribution in [3.8, 4) is 0 Å². The second-order valence-corrected chi connectivity index (χ2v) is 5.56. The predicted octanol–water partition coefficient (Wildman–Crippen LogP) is 1.26. The van der Waals surface area contributed by atoms with Crippen molar-refractivity contribution in [3.63, 3.8) is 0 Å². The van der Waals surface area contributed by atoms with E-state index in [2.05, 4.69) is 4.72 Å². The van der Waals surface area contributed by atoms with Crippen LogP contribution in [0.3, 0.4) is 0 Å². The van der Waals surface area contributed by atoms with Crippen molar-refractivity contribution in [2.24, 2.45) is 0 Å². The molecule has 6 heteroatoms.